The lowest BCUT2D eigenvalue weighted by molar-refractivity contribution is 0.0711. The molecule has 1 amide bonds. The van der Waals surface area contributed by atoms with E-state index in [2.05, 4.69) is 20.9 Å². The molecule has 1 aromatic carbocycles. The van der Waals surface area contributed by atoms with Gasteiger partial charge in [0.05, 0.1) is 6.04 Å². The Labute approximate surface area is 143 Å². The lowest BCUT2D eigenvalue weighted by atomic mass is 10.1. The maximum absolute atomic E-state index is 12.8. The van der Waals surface area contributed by atoms with E-state index in [1.54, 1.807) is 24.3 Å². The Hall–Kier alpha value is -2.14. The van der Waals surface area contributed by atoms with E-state index in [1.165, 1.54) is 0 Å². The van der Waals surface area contributed by atoms with E-state index < -0.39 is 0 Å². The fourth-order valence-electron chi connectivity index (χ4n) is 2.60. The van der Waals surface area contributed by atoms with E-state index >= 15 is 0 Å². The summed E-state index contributed by atoms with van der Waals surface area (Å²) in [5.74, 6) is 0.264. The van der Waals surface area contributed by atoms with Crippen LogP contribution < -0.4 is 0 Å². The average molecular weight is 373 g/mol. The van der Waals surface area contributed by atoms with Crippen molar-refractivity contribution in [3.63, 3.8) is 0 Å². The number of hydrogen-bond donors (Lipinski definition) is 0. The van der Waals surface area contributed by atoms with Crippen LogP contribution in [0.5, 0.6) is 0 Å². The molecular weight excluding hydrogens is 356 g/mol. The van der Waals surface area contributed by atoms with Crippen molar-refractivity contribution in [1.29, 1.82) is 0 Å². The SMILES string of the molecule is Cc1c(C(=O)N(C)C(C)c2ccncc2)oc2ccc(Br)cc12. The van der Waals surface area contributed by atoms with Gasteiger partial charge in [0.25, 0.3) is 5.91 Å². The Morgan fingerprint density at radius 2 is 1.96 bits per heavy atom. The normalized spacial score (nSPS) is 12.3. The van der Waals surface area contributed by atoms with Gasteiger partial charge in [0.1, 0.15) is 5.58 Å². The number of amides is 1. The van der Waals surface area contributed by atoms with Crippen LogP contribution in [0.4, 0.5) is 0 Å². The molecule has 4 nitrogen and oxygen atoms in total. The second-order valence-corrected chi connectivity index (χ2v) is 6.48. The first kappa shape index (κ1) is 15.7. The molecule has 0 aliphatic rings. The Morgan fingerprint density at radius 1 is 1.26 bits per heavy atom. The number of benzene rings is 1. The summed E-state index contributed by atoms with van der Waals surface area (Å²) in [6.45, 7) is 3.90. The summed E-state index contributed by atoms with van der Waals surface area (Å²) in [6, 6.07) is 9.51. The molecule has 0 N–H and O–H groups in total. The molecular formula is C18H17BrN2O2. The minimum absolute atomic E-state index is 0.0650. The van der Waals surface area contributed by atoms with E-state index in [1.807, 2.05) is 44.2 Å². The average Bonchev–Trinajstić information content (AvgIpc) is 2.90. The minimum Gasteiger partial charge on any atom is -0.451 e. The van der Waals surface area contributed by atoms with E-state index in [0.29, 0.717) is 5.76 Å². The molecule has 0 aliphatic heterocycles. The smallest absolute Gasteiger partial charge is 0.290 e. The zero-order valence-corrected chi connectivity index (χ0v) is 14.8. The number of hydrogen-bond acceptors (Lipinski definition) is 3. The predicted octanol–water partition coefficient (Wildman–Crippen LogP) is 4.73. The number of rotatable bonds is 3. The zero-order valence-electron chi connectivity index (χ0n) is 13.2. The molecule has 0 saturated carbocycles. The lowest BCUT2D eigenvalue weighted by Crippen LogP contribution is -2.29. The molecule has 0 spiro atoms. The molecule has 0 aliphatic carbocycles. The highest BCUT2D eigenvalue weighted by molar-refractivity contribution is 9.10. The van der Waals surface area contributed by atoms with Crippen molar-refractivity contribution in [2.75, 3.05) is 7.05 Å². The van der Waals surface area contributed by atoms with Crippen molar-refractivity contribution in [3.8, 4) is 0 Å². The number of aryl methyl sites for hydroxylation is 1. The highest BCUT2D eigenvalue weighted by atomic mass is 79.9. The molecule has 1 atom stereocenters. The first-order valence-electron chi connectivity index (χ1n) is 7.34. The summed E-state index contributed by atoms with van der Waals surface area (Å²) >= 11 is 3.45. The van der Waals surface area contributed by atoms with Gasteiger partial charge in [-0.25, -0.2) is 0 Å². The molecule has 2 aromatic heterocycles. The first-order chi connectivity index (χ1) is 11.0. The number of aromatic nitrogens is 1. The predicted molar refractivity (Wildman–Crippen MR) is 93.4 cm³/mol. The molecule has 2 heterocycles. The molecule has 23 heavy (non-hydrogen) atoms. The van der Waals surface area contributed by atoms with Gasteiger partial charge in [-0.2, -0.15) is 0 Å². The number of fused-ring (bicyclic) bond motifs is 1. The summed E-state index contributed by atoms with van der Waals surface area (Å²) < 4.78 is 6.76. The van der Waals surface area contributed by atoms with E-state index in [4.69, 9.17) is 4.42 Å². The highest BCUT2D eigenvalue weighted by Crippen LogP contribution is 2.30. The van der Waals surface area contributed by atoms with Crippen LogP contribution in [0.2, 0.25) is 0 Å². The quantitative estimate of drug-likeness (QED) is 0.667. The van der Waals surface area contributed by atoms with Crippen LogP contribution in [0, 0.1) is 6.92 Å². The van der Waals surface area contributed by atoms with Crippen LogP contribution >= 0.6 is 15.9 Å². The van der Waals surface area contributed by atoms with Gasteiger partial charge in [-0.15, -0.1) is 0 Å². The van der Waals surface area contributed by atoms with E-state index in [-0.39, 0.29) is 11.9 Å². The van der Waals surface area contributed by atoms with Crippen molar-refractivity contribution in [3.05, 3.63) is 64.1 Å². The molecule has 3 aromatic rings. The standard InChI is InChI=1S/C18H17BrN2O2/c1-11-15-10-14(19)4-5-16(15)23-17(11)18(22)21(3)12(2)13-6-8-20-9-7-13/h4-10,12H,1-3H3. The number of carbonyl (C=O) groups excluding carboxylic acids is 1. The molecule has 1 unspecified atom stereocenters. The number of nitrogens with zero attached hydrogens (tertiary/aromatic N) is 2. The maximum Gasteiger partial charge on any atom is 0.290 e. The van der Waals surface area contributed by atoms with Gasteiger partial charge < -0.3 is 9.32 Å². The van der Waals surface area contributed by atoms with Gasteiger partial charge in [-0.05, 0) is 49.7 Å². The Morgan fingerprint density at radius 3 is 2.65 bits per heavy atom. The number of pyridine rings is 1. The van der Waals surface area contributed by atoms with E-state index in [9.17, 15) is 4.79 Å². The zero-order chi connectivity index (χ0) is 16.6. The Balaban J connectivity index is 1.95. The third-order valence-corrected chi connectivity index (χ3v) is 4.68. The second kappa shape index (κ2) is 6.16. The van der Waals surface area contributed by atoms with Crippen LogP contribution in [-0.2, 0) is 0 Å². The number of halogens is 1. The van der Waals surface area contributed by atoms with Crippen LogP contribution in [0.3, 0.4) is 0 Å². The van der Waals surface area contributed by atoms with Crippen molar-refractivity contribution in [2.24, 2.45) is 0 Å². The molecule has 0 saturated heterocycles. The largest absolute Gasteiger partial charge is 0.451 e. The third kappa shape index (κ3) is 2.88. The molecule has 3 rings (SSSR count). The summed E-state index contributed by atoms with van der Waals surface area (Å²) in [7, 11) is 1.79. The number of furan rings is 1. The van der Waals surface area contributed by atoms with Gasteiger partial charge >= 0.3 is 0 Å². The van der Waals surface area contributed by atoms with E-state index in [0.717, 1.165) is 26.6 Å². The Bertz CT molecular complexity index is 858. The fourth-order valence-corrected chi connectivity index (χ4v) is 2.96. The van der Waals surface area contributed by atoms with Crippen molar-refractivity contribution in [2.45, 2.75) is 19.9 Å². The highest BCUT2D eigenvalue weighted by Gasteiger charge is 2.24. The third-order valence-electron chi connectivity index (χ3n) is 4.18. The van der Waals surface area contributed by atoms with Crippen LogP contribution in [-0.4, -0.2) is 22.8 Å². The molecule has 0 bridgehead atoms. The van der Waals surface area contributed by atoms with Gasteiger partial charge in [0.15, 0.2) is 5.76 Å². The van der Waals surface area contributed by atoms with Crippen molar-refractivity contribution >= 4 is 32.8 Å². The second-order valence-electron chi connectivity index (χ2n) is 5.57. The maximum atomic E-state index is 12.8. The van der Waals surface area contributed by atoms with Gasteiger partial charge in [-0.1, -0.05) is 15.9 Å². The van der Waals surface area contributed by atoms with Gasteiger partial charge in [0, 0.05) is 34.9 Å². The molecule has 0 fully saturated rings. The van der Waals surface area contributed by atoms with Crippen LogP contribution in [0.15, 0.2) is 51.6 Å². The molecule has 5 heteroatoms. The van der Waals surface area contributed by atoms with Crippen molar-refractivity contribution in [1.82, 2.24) is 9.88 Å². The summed E-state index contributed by atoms with van der Waals surface area (Å²) in [4.78, 5) is 18.5. The topological polar surface area (TPSA) is 46.3 Å². The lowest BCUT2D eigenvalue weighted by Gasteiger charge is -2.24. The molecule has 118 valence electrons. The number of carbonyl (C=O) groups is 1. The summed E-state index contributed by atoms with van der Waals surface area (Å²) in [5, 5.41) is 0.952. The van der Waals surface area contributed by atoms with Crippen LogP contribution in [0.1, 0.15) is 34.6 Å². The first-order valence-corrected chi connectivity index (χ1v) is 8.14. The summed E-state index contributed by atoms with van der Waals surface area (Å²) in [6.07, 6.45) is 3.46. The molecule has 0 radical (unpaired) electrons. The summed E-state index contributed by atoms with van der Waals surface area (Å²) in [5.41, 5.74) is 2.62. The monoisotopic (exact) mass is 372 g/mol. The minimum atomic E-state index is -0.126. The van der Waals surface area contributed by atoms with Gasteiger partial charge in [-0.3, -0.25) is 9.78 Å². The fraction of sp³-hybridized carbons (Fsp3) is 0.222. The Kier molecular flexibility index (Phi) is 4.22. The van der Waals surface area contributed by atoms with Gasteiger partial charge in [0.2, 0.25) is 0 Å². The van der Waals surface area contributed by atoms with Crippen molar-refractivity contribution < 1.29 is 9.21 Å². The van der Waals surface area contributed by atoms with Crippen LogP contribution in [0.25, 0.3) is 11.0 Å².